The molecule has 3 heteroatoms. The minimum Gasteiger partial charge on any atom is -0.399 e. The summed E-state index contributed by atoms with van der Waals surface area (Å²) in [5.41, 5.74) is 11.5. The van der Waals surface area contributed by atoms with Crippen LogP contribution in [0.4, 0.5) is 11.4 Å². The number of rotatable bonds is 3. The highest BCUT2D eigenvalue weighted by atomic mass is 15.1. The lowest BCUT2D eigenvalue weighted by atomic mass is 9.94. The second-order valence-electron chi connectivity index (χ2n) is 5.36. The maximum absolute atomic E-state index is 5.96. The van der Waals surface area contributed by atoms with E-state index in [0.29, 0.717) is 6.04 Å². The van der Waals surface area contributed by atoms with E-state index in [4.69, 9.17) is 5.73 Å². The van der Waals surface area contributed by atoms with Crippen molar-refractivity contribution in [2.24, 2.45) is 0 Å². The van der Waals surface area contributed by atoms with E-state index in [0.717, 1.165) is 24.1 Å². The van der Waals surface area contributed by atoms with Crippen molar-refractivity contribution in [1.29, 1.82) is 0 Å². The smallest absolute Gasteiger partial charge is 0.0469 e. The molecule has 1 aromatic rings. The Morgan fingerprint density at radius 2 is 2.16 bits per heavy atom. The maximum atomic E-state index is 5.96. The van der Waals surface area contributed by atoms with Crippen LogP contribution in [0, 0.1) is 0 Å². The molecule has 2 rings (SSSR count). The Labute approximate surface area is 115 Å². The van der Waals surface area contributed by atoms with Crippen molar-refractivity contribution in [2.75, 3.05) is 24.7 Å². The van der Waals surface area contributed by atoms with Gasteiger partial charge in [0.2, 0.25) is 0 Å². The molecule has 0 bridgehead atoms. The Morgan fingerprint density at radius 1 is 1.42 bits per heavy atom. The van der Waals surface area contributed by atoms with E-state index in [1.165, 1.54) is 17.0 Å². The van der Waals surface area contributed by atoms with Crippen LogP contribution in [0.25, 0.3) is 5.70 Å². The summed E-state index contributed by atoms with van der Waals surface area (Å²) in [6.45, 7) is 6.15. The van der Waals surface area contributed by atoms with Crippen molar-refractivity contribution >= 4 is 17.1 Å². The highest BCUT2D eigenvalue weighted by molar-refractivity contribution is 5.81. The quantitative estimate of drug-likeness (QED) is 0.818. The third-order valence-electron chi connectivity index (χ3n) is 3.58. The molecule has 102 valence electrons. The Hall–Kier alpha value is -1.90. The molecule has 0 aliphatic carbocycles. The van der Waals surface area contributed by atoms with Gasteiger partial charge in [0.25, 0.3) is 0 Å². The summed E-state index contributed by atoms with van der Waals surface area (Å²) < 4.78 is 0. The molecular formula is C16H23N3. The van der Waals surface area contributed by atoms with Crippen molar-refractivity contribution in [3.05, 3.63) is 42.0 Å². The third kappa shape index (κ3) is 2.75. The third-order valence-corrected chi connectivity index (χ3v) is 3.58. The first-order valence-electron chi connectivity index (χ1n) is 6.72. The van der Waals surface area contributed by atoms with Gasteiger partial charge >= 0.3 is 0 Å². The molecule has 3 N–H and O–H groups in total. The van der Waals surface area contributed by atoms with Gasteiger partial charge in [-0.2, -0.15) is 0 Å². The average Bonchev–Trinajstić information content (AvgIpc) is 2.38. The van der Waals surface area contributed by atoms with Crippen LogP contribution in [0.3, 0.4) is 0 Å². The number of anilines is 2. The van der Waals surface area contributed by atoms with Crippen molar-refractivity contribution < 1.29 is 0 Å². The van der Waals surface area contributed by atoms with Gasteiger partial charge in [-0.3, -0.25) is 0 Å². The molecule has 1 aromatic carbocycles. The predicted molar refractivity (Wildman–Crippen MR) is 84.1 cm³/mol. The summed E-state index contributed by atoms with van der Waals surface area (Å²) in [4.78, 5) is 2.11. The highest BCUT2D eigenvalue weighted by Crippen LogP contribution is 2.33. The minimum atomic E-state index is 0.482. The lowest BCUT2D eigenvalue weighted by molar-refractivity contribution is 0.572. The standard InChI is InChI=1S/C16H23N3/c1-5-12-7-6-11(2)18-16(12)14-10-13(17)8-9-15(14)19(3)4/h5,8-11,18H,1,6-7,17H2,2-4H3. The van der Waals surface area contributed by atoms with Gasteiger partial charge in [-0.05, 0) is 43.5 Å². The van der Waals surface area contributed by atoms with Gasteiger partial charge in [0.1, 0.15) is 0 Å². The van der Waals surface area contributed by atoms with E-state index >= 15 is 0 Å². The second-order valence-corrected chi connectivity index (χ2v) is 5.36. The van der Waals surface area contributed by atoms with E-state index in [9.17, 15) is 0 Å². The summed E-state index contributed by atoms with van der Waals surface area (Å²) in [6, 6.07) is 6.53. The van der Waals surface area contributed by atoms with Gasteiger partial charge in [0.05, 0.1) is 0 Å². The van der Waals surface area contributed by atoms with Crippen molar-refractivity contribution in [3.63, 3.8) is 0 Å². The molecule has 1 heterocycles. The number of allylic oxidation sites excluding steroid dienone is 2. The van der Waals surface area contributed by atoms with Gasteiger partial charge in [-0.1, -0.05) is 12.7 Å². The van der Waals surface area contributed by atoms with Crippen LogP contribution in [-0.2, 0) is 0 Å². The van der Waals surface area contributed by atoms with Crippen LogP contribution in [-0.4, -0.2) is 20.1 Å². The molecule has 0 aromatic heterocycles. The van der Waals surface area contributed by atoms with Gasteiger partial charge in [0.15, 0.2) is 0 Å². The van der Waals surface area contributed by atoms with Crippen molar-refractivity contribution in [1.82, 2.24) is 5.32 Å². The topological polar surface area (TPSA) is 41.3 Å². The largest absolute Gasteiger partial charge is 0.399 e. The van der Waals surface area contributed by atoms with E-state index in [2.05, 4.69) is 43.9 Å². The van der Waals surface area contributed by atoms with Crippen LogP contribution in [0.2, 0.25) is 0 Å². The number of nitrogens with two attached hydrogens (primary N) is 1. The molecule has 0 saturated heterocycles. The van der Waals surface area contributed by atoms with Crippen LogP contribution >= 0.6 is 0 Å². The molecule has 1 atom stereocenters. The minimum absolute atomic E-state index is 0.482. The summed E-state index contributed by atoms with van der Waals surface area (Å²) >= 11 is 0. The Bertz CT molecular complexity index is 515. The second kappa shape index (κ2) is 5.39. The molecule has 0 radical (unpaired) electrons. The van der Waals surface area contributed by atoms with E-state index in [-0.39, 0.29) is 0 Å². The fourth-order valence-corrected chi connectivity index (χ4v) is 2.51. The average molecular weight is 257 g/mol. The molecule has 1 aliphatic heterocycles. The van der Waals surface area contributed by atoms with Crippen LogP contribution < -0.4 is 16.0 Å². The molecule has 19 heavy (non-hydrogen) atoms. The zero-order valence-electron chi connectivity index (χ0n) is 12.0. The van der Waals surface area contributed by atoms with Crippen LogP contribution in [0.5, 0.6) is 0 Å². The number of nitrogen functional groups attached to an aromatic ring is 1. The van der Waals surface area contributed by atoms with Crippen molar-refractivity contribution in [2.45, 2.75) is 25.8 Å². The van der Waals surface area contributed by atoms with Crippen molar-refractivity contribution in [3.8, 4) is 0 Å². The van der Waals surface area contributed by atoms with Gasteiger partial charge in [-0.15, -0.1) is 0 Å². The first-order valence-corrected chi connectivity index (χ1v) is 6.72. The zero-order chi connectivity index (χ0) is 14.0. The molecule has 3 nitrogen and oxygen atoms in total. The summed E-state index contributed by atoms with van der Waals surface area (Å²) in [5, 5.41) is 3.58. The molecule has 0 saturated carbocycles. The SMILES string of the molecule is C=CC1=C(c2cc(N)ccc2N(C)C)NC(C)CC1. The molecule has 0 spiro atoms. The molecule has 0 fully saturated rings. The number of benzene rings is 1. The van der Waals surface area contributed by atoms with E-state index < -0.39 is 0 Å². The lowest BCUT2D eigenvalue weighted by Crippen LogP contribution is -2.30. The zero-order valence-corrected chi connectivity index (χ0v) is 12.0. The normalized spacial score (nSPS) is 19.0. The molecular weight excluding hydrogens is 234 g/mol. The van der Waals surface area contributed by atoms with Gasteiger partial charge in [0, 0.05) is 42.8 Å². The number of hydrogen-bond acceptors (Lipinski definition) is 3. The van der Waals surface area contributed by atoms with E-state index in [1.807, 2.05) is 18.2 Å². The Balaban J connectivity index is 2.58. The van der Waals surface area contributed by atoms with E-state index in [1.54, 1.807) is 0 Å². The summed E-state index contributed by atoms with van der Waals surface area (Å²) in [7, 11) is 4.10. The maximum Gasteiger partial charge on any atom is 0.0469 e. The molecule has 0 amide bonds. The highest BCUT2D eigenvalue weighted by Gasteiger charge is 2.19. The fraction of sp³-hybridized carbons (Fsp3) is 0.375. The fourth-order valence-electron chi connectivity index (χ4n) is 2.51. The predicted octanol–water partition coefficient (Wildman–Crippen LogP) is 3.00. The Kier molecular flexibility index (Phi) is 3.84. The van der Waals surface area contributed by atoms with Crippen LogP contribution in [0.15, 0.2) is 36.4 Å². The monoisotopic (exact) mass is 257 g/mol. The Morgan fingerprint density at radius 3 is 2.79 bits per heavy atom. The van der Waals surface area contributed by atoms with Gasteiger partial charge < -0.3 is 16.0 Å². The number of hydrogen-bond donors (Lipinski definition) is 2. The molecule has 1 aliphatic rings. The first kappa shape index (κ1) is 13.5. The summed E-state index contributed by atoms with van der Waals surface area (Å²) in [5.74, 6) is 0. The number of nitrogens with zero attached hydrogens (tertiary/aromatic N) is 1. The van der Waals surface area contributed by atoms with Crippen LogP contribution in [0.1, 0.15) is 25.3 Å². The molecule has 1 unspecified atom stereocenters. The lowest BCUT2D eigenvalue weighted by Gasteiger charge is -2.29. The first-order chi connectivity index (χ1) is 9.02. The summed E-state index contributed by atoms with van der Waals surface area (Å²) in [6.07, 6.45) is 4.16. The number of nitrogens with one attached hydrogen (secondary N) is 1. The van der Waals surface area contributed by atoms with Gasteiger partial charge in [-0.25, -0.2) is 0 Å².